The first kappa shape index (κ1) is 14.4. The second-order valence-electron chi connectivity index (χ2n) is 5.06. The van der Waals surface area contributed by atoms with Crippen molar-refractivity contribution < 1.29 is 5.11 Å². The molecule has 3 heteroatoms. The van der Waals surface area contributed by atoms with Crippen molar-refractivity contribution in [3.63, 3.8) is 0 Å². The minimum Gasteiger partial charge on any atom is -0.388 e. The number of fused-ring (bicyclic) bond motifs is 1. The van der Waals surface area contributed by atoms with Crippen LogP contribution in [0.15, 0.2) is 60.7 Å². The third-order valence-electron chi connectivity index (χ3n) is 3.59. The number of rotatable bonds is 3. The molecule has 0 radical (unpaired) electrons. The molecule has 1 atom stereocenters. The van der Waals surface area contributed by atoms with E-state index >= 15 is 0 Å². The van der Waals surface area contributed by atoms with Crippen LogP contribution in [0.5, 0.6) is 0 Å². The fourth-order valence-electron chi connectivity index (χ4n) is 2.43. The Morgan fingerprint density at radius 2 is 1.62 bits per heavy atom. The topological polar surface area (TPSA) is 20.2 Å². The fraction of sp³-hybridized carbons (Fsp3) is 0.111. The Bertz CT molecular complexity index is 783. The number of aliphatic hydroxyl groups excluding tert-OH is 1. The molecule has 1 nitrogen and oxygen atoms in total. The molecule has 0 aromatic heterocycles. The summed E-state index contributed by atoms with van der Waals surface area (Å²) in [5, 5.41) is 13.9. The Balaban J connectivity index is 1.87. The average molecular weight is 317 g/mol. The molecule has 3 aromatic rings. The van der Waals surface area contributed by atoms with E-state index in [1.165, 1.54) is 0 Å². The van der Waals surface area contributed by atoms with Crippen LogP contribution < -0.4 is 0 Å². The highest BCUT2D eigenvalue weighted by Crippen LogP contribution is 2.27. The fourth-order valence-corrected chi connectivity index (χ4v) is 2.91. The van der Waals surface area contributed by atoms with E-state index < -0.39 is 6.10 Å². The molecule has 21 heavy (non-hydrogen) atoms. The Kier molecular flexibility index (Phi) is 4.16. The van der Waals surface area contributed by atoms with Gasteiger partial charge in [0, 0.05) is 16.5 Å². The van der Waals surface area contributed by atoms with Gasteiger partial charge in [0.15, 0.2) is 0 Å². The summed E-state index contributed by atoms with van der Waals surface area (Å²) in [5.41, 5.74) is 1.78. The van der Waals surface area contributed by atoms with Gasteiger partial charge in [-0.1, -0.05) is 65.7 Å². The van der Waals surface area contributed by atoms with Crippen molar-refractivity contribution >= 4 is 34.0 Å². The van der Waals surface area contributed by atoms with Crippen molar-refractivity contribution in [1.82, 2.24) is 0 Å². The molecule has 106 valence electrons. The molecule has 3 rings (SSSR count). The Morgan fingerprint density at radius 1 is 0.857 bits per heavy atom. The van der Waals surface area contributed by atoms with E-state index in [0.717, 1.165) is 21.9 Å². The molecular weight excluding hydrogens is 303 g/mol. The molecule has 0 bridgehead atoms. The van der Waals surface area contributed by atoms with Crippen LogP contribution in [0.1, 0.15) is 17.2 Å². The predicted octanol–water partition coefficient (Wildman–Crippen LogP) is 5.42. The molecule has 1 unspecified atom stereocenters. The van der Waals surface area contributed by atoms with Gasteiger partial charge in [-0.05, 0) is 40.1 Å². The molecule has 0 heterocycles. The lowest BCUT2D eigenvalue weighted by Gasteiger charge is -2.13. The molecule has 1 N–H and O–H groups in total. The second-order valence-corrected chi connectivity index (χ2v) is 5.91. The lowest BCUT2D eigenvalue weighted by atomic mass is 9.99. The third kappa shape index (κ3) is 3.21. The quantitative estimate of drug-likeness (QED) is 0.683. The SMILES string of the molecule is OC(Cc1ccc(Cl)cc1Cl)c1ccc2ccccc2c1. The van der Waals surface area contributed by atoms with E-state index in [1.54, 1.807) is 12.1 Å². The third-order valence-corrected chi connectivity index (χ3v) is 4.17. The zero-order valence-corrected chi connectivity index (χ0v) is 12.8. The van der Waals surface area contributed by atoms with E-state index in [-0.39, 0.29) is 0 Å². The van der Waals surface area contributed by atoms with Gasteiger partial charge >= 0.3 is 0 Å². The van der Waals surface area contributed by atoms with E-state index in [9.17, 15) is 5.11 Å². The van der Waals surface area contributed by atoms with Gasteiger partial charge in [0.25, 0.3) is 0 Å². The van der Waals surface area contributed by atoms with Gasteiger partial charge in [0.2, 0.25) is 0 Å². The Morgan fingerprint density at radius 3 is 2.38 bits per heavy atom. The normalized spacial score (nSPS) is 12.5. The largest absolute Gasteiger partial charge is 0.388 e. The van der Waals surface area contributed by atoms with Crippen LogP contribution in [0.25, 0.3) is 10.8 Å². The van der Waals surface area contributed by atoms with E-state index in [0.29, 0.717) is 16.5 Å². The monoisotopic (exact) mass is 316 g/mol. The van der Waals surface area contributed by atoms with Crippen molar-refractivity contribution in [2.75, 3.05) is 0 Å². The molecule has 0 fully saturated rings. The molecule has 3 aromatic carbocycles. The van der Waals surface area contributed by atoms with Crippen molar-refractivity contribution in [2.24, 2.45) is 0 Å². The van der Waals surface area contributed by atoms with Crippen LogP contribution in [0.4, 0.5) is 0 Å². The van der Waals surface area contributed by atoms with Gasteiger partial charge < -0.3 is 5.11 Å². The van der Waals surface area contributed by atoms with Crippen LogP contribution in [-0.2, 0) is 6.42 Å². The Hall–Kier alpha value is -1.54. The zero-order chi connectivity index (χ0) is 14.8. The summed E-state index contributed by atoms with van der Waals surface area (Å²) in [6, 6.07) is 19.4. The first-order chi connectivity index (χ1) is 10.1. The number of halogens is 2. The molecular formula is C18H14Cl2O. The van der Waals surface area contributed by atoms with Crippen molar-refractivity contribution in [2.45, 2.75) is 12.5 Å². The number of benzene rings is 3. The van der Waals surface area contributed by atoms with Gasteiger partial charge in [-0.3, -0.25) is 0 Å². The van der Waals surface area contributed by atoms with Gasteiger partial charge in [0.1, 0.15) is 0 Å². The number of aliphatic hydroxyl groups is 1. The maximum Gasteiger partial charge on any atom is 0.0831 e. The maximum absolute atomic E-state index is 10.4. The molecule has 0 aliphatic rings. The van der Waals surface area contributed by atoms with Crippen LogP contribution in [-0.4, -0.2) is 5.11 Å². The van der Waals surface area contributed by atoms with E-state index in [2.05, 4.69) is 6.07 Å². The van der Waals surface area contributed by atoms with Crippen molar-refractivity contribution in [3.8, 4) is 0 Å². The Labute approximate surface area is 133 Å². The summed E-state index contributed by atoms with van der Waals surface area (Å²) in [7, 11) is 0. The number of hydrogen-bond donors (Lipinski definition) is 1. The minimum atomic E-state index is -0.590. The van der Waals surface area contributed by atoms with Crippen LogP contribution in [0.2, 0.25) is 10.0 Å². The maximum atomic E-state index is 10.4. The molecule has 0 aliphatic carbocycles. The summed E-state index contributed by atoms with van der Waals surface area (Å²) >= 11 is 12.0. The molecule has 0 saturated heterocycles. The molecule has 0 saturated carbocycles. The molecule has 0 amide bonds. The summed E-state index contributed by atoms with van der Waals surface area (Å²) < 4.78 is 0. The highest BCUT2D eigenvalue weighted by atomic mass is 35.5. The summed E-state index contributed by atoms with van der Waals surface area (Å²) in [6.07, 6.45) is -0.123. The smallest absolute Gasteiger partial charge is 0.0831 e. The summed E-state index contributed by atoms with van der Waals surface area (Å²) in [6.45, 7) is 0. The molecule has 0 aliphatic heterocycles. The van der Waals surface area contributed by atoms with Gasteiger partial charge in [-0.15, -0.1) is 0 Å². The van der Waals surface area contributed by atoms with Gasteiger partial charge in [-0.25, -0.2) is 0 Å². The highest BCUT2D eigenvalue weighted by molar-refractivity contribution is 6.35. The predicted molar refractivity (Wildman–Crippen MR) is 89.1 cm³/mol. The van der Waals surface area contributed by atoms with Crippen LogP contribution in [0.3, 0.4) is 0 Å². The lowest BCUT2D eigenvalue weighted by molar-refractivity contribution is 0.178. The van der Waals surface area contributed by atoms with E-state index in [1.807, 2.05) is 42.5 Å². The highest BCUT2D eigenvalue weighted by Gasteiger charge is 2.11. The minimum absolute atomic E-state index is 0.467. The van der Waals surface area contributed by atoms with Gasteiger partial charge in [-0.2, -0.15) is 0 Å². The summed E-state index contributed by atoms with van der Waals surface area (Å²) in [5.74, 6) is 0. The zero-order valence-electron chi connectivity index (χ0n) is 11.3. The van der Waals surface area contributed by atoms with E-state index in [4.69, 9.17) is 23.2 Å². The van der Waals surface area contributed by atoms with Crippen molar-refractivity contribution in [3.05, 3.63) is 81.8 Å². The first-order valence-electron chi connectivity index (χ1n) is 6.74. The second kappa shape index (κ2) is 6.07. The van der Waals surface area contributed by atoms with Crippen molar-refractivity contribution in [1.29, 1.82) is 0 Å². The van der Waals surface area contributed by atoms with Crippen LogP contribution in [0, 0.1) is 0 Å². The number of hydrogen-bond acceptors (Lipinski definition) is 1. The van der Waals surface area contributed by atoms with Gasteiger partial charge in [0.05, 0.1) is 6.10 Å². The lowest BCUT2D eigenvalue weighted by Crippen LogP contribution is -2.02. The average Bonchev–Trinajstić information content (AvgIpc) is 2.49. The standard InChI is InChI=1S/C18H14Cl2O/c19-16-8-7-14(17(20)11-16)10-18(21)15-6-5-12-3-1-2-4-13(12)9-15/h1-9,11,18,21H,10H2. The summed E-state index contributed by atoms with van der Waals surface area (Å²) in [4.78, 5) is 0. The first-order valence-corrected chi connectivity index (χ1v) is 7.50. The van der Waals surface area contributed by atoms with Crippen LogP contribution >= 0.6 is 23.2 Å². The molecule has 0 spiro atoms.